The summed E-state index contributed by atoms with van der Waals surface area (Å²) in [5, 5.41) is 16.3. The third-order valence-corrected chi connectivity index (χ3v) is 6.10. The van der Waals surface area contributed by atoms with Gasteiger partial charge in [0.25, 0.3) is 0 Å². The molecule has 9 nitrogen and oxygen atoms in total. The van der Waals surface area contributed by atoms with Crippen molar-refractivity contribution in [3.63, 3.8) is 0 Å². The van der Waals surface area contributed by atoms with Crippen molar-refractivity contribution in [1.29, 1.82) is 0 Å². The Labute approximate surface area is 184 Å². The van der Waals surface area contributed by atoms with Gasteiger partial charge in [0.15, 0.2) is 5.96 Å². The number of hydrogen-bond acceptors (Lipinski definition) is 7. The first-order chi connectivity index (χ1) is 14.9. The molecular weight excluding hydrogens is 434 g/mol. The first-order valence-electron chi connectivity index (χ1n) is 11.0. The first kappa shape index (κ1) is 25.1. The number of rotatable bonds is 4. The molecule has 0 radical (unpaired) electrons. The first-order valence-corrected chi connectivity index (χ1v) is 11.0. The molecule has 2 heterocycles. The largest absolute Gasteiger partial charge is 0.405 e. The van der Waals surface area contributed by atoms with Crippen LogP contribution in [0.15, 0.2) is 4.99 Å². The second-order valence-electron chi connectivity index (χ2n) is 9.19. The molecule has 7 atom stereocenters. The van der Waals surface area contributed by atoms with E-state index in [0.29, 0.717) is 19.3 Å². The third kappa shape index (κ3) is 6.28. The maximum atomic E-state index is 14.4. The van der Waals surface area contributed by atoms with Crippen LogP contribution in [0.5, 0.6) is 0 Å². The second-order valence-corrected chi connectivity index (χ2v) is 9.19. The van der Waals surface area contributed by atoms with Crippen LogP contribution in [0.4, 0.5) is 17.6 Å². The third-order valence-electron chi connectivity index (χ3n) is 6.10. The maximum Gasteiger partial charge on any atom is 0.405 e. The smallest absolute Gasteiger partial charge is 0.393 e. The highest BCUT2D eigenvalue weighted by Crippen LogP contribution is 2.33. The zero-order valence-corrected chi connectivity index (χ0v) is 18.4. The zero-order valence-electron chi connectivity index (χ0n) is 18.4. The van der Waals surface area contributed by atoms with Crippen LogP contribution >= 0.6 is 0 Å². The summed E-state index contributed by atoms with van der Waals surface area (Å²) in [7, 11) is 1.45. The highest BCUT2D eigenvalue weighted by molar-refractivity contribution is 5.98. The molecule has 0 bridgehead atoms. The van der Waals surface area contributed by atoms with Gasteiger partial charge >= 0.3 is 6.18 Å². The molecule has 3 rings (SSSR count). The standard InChI is InChI=1S/C19H33F4N7O2/c1-9(2)24-18(26-17(32)12-8-30(3)29-16(12)19(21,22)23)25-15-7-14(27-28-15)11-5-4-10(31)6-13(11)20/h9-16,27-29,31H,4-8H2,1-3H3,(H2,24,25,26,32). The minimum Gasteiger partial charge on any atom is -0.393 e. The van der Waals surface area contributed by atoms with Crippen molar-refractivity contribution in [2.75, 3.05) is 13.6 Å². The van der Waals surface area contributed by atoms with E-state index in [1.54, 1.807) is 0 Å². The predicted octanol–water partition coefficient (Wildman–Crippen LogP) is 0.145. The van der Waals surface area contributed by atoms with Gasteiger partial charge in [-0.15, -0.1) is 0 Å². The highest BCUT2D eigenvalue weighted by Gasteiger charge is 2.52. The Morgan fingerprint density at radius 3 is 2.56 bits per heavy atom. The fraction of sp³-hybridized carbons (Fsp3) is 0.895. The summed E-state index contributed by atoms with van der Waals surface area (Å²) in [6.45, 7) is 3.53. The molecule has 2 saturated heterocycles. The van der Waals surface area contributed by atoms with Gasteiger partial charge < -0.3 is 10.4 Å². The molecule has 2 aliphatic heterocycles. The molecule has 0 spiro atoms. The molecule has 1 amide bonds. The van der Waals surface area contributed by atoms with E-state index >= 15 is 0 Å². The summed E-state index contributed by atoms with van der Waals surface area (Å²) in [5.74, 6) is -2.32. The molecule has 7 unspecified atom stereocenters. The number of hydrogen-bond donors (Lipinski definition) is 6. The van der Waals surface area contributed by atoms with Crippen molar-refractivity contribution in [3.8, 4) is 0 Å². The van der Waals surface area contributed by atoms with Gasteiger partial charge in [0.1, 0.15) is 18.4 Å². The average Bonchev–Trinajstić information content (AvgIpc) is 3.27. The maximum absolute atomic E-state index is 14.4. The van der Waals surface area contributed by atoms with Gasteiger partial charge in [0, 0.05) is 44.4 Å². The molecule has 3 fully saturated rings. The topological polar surface area (TPSA) is 113 Å². The lowest BCUT2D eigenvalue weighted by Gasteiger charge is -2.32. The normalized spacial score (nSPS) is 37.2. The number of nitrogens with zero attached hydrogens (tertiary/aromatic N) is 2. The van der Waals surface area contributed by atoms with Gasteiger partial charge in [-0.05, 0) is 26.7 Å². The van der Waals surface area contributed by atoms with Crippen LogP contribution in [0.25, 0.3) is 0 Å². The summed E-state index contributed by atoms with van der Waals surface area (Å²) in [5.41, 5.74) is 8.27. The number of carbonyl (C=O) groups is 1. The van der Waals surface area contributed by atoms with E-state index < -0.39 is 42.5 Å². The fourth-order valence-electron chi connectivity index (χ4n) is 4.56. The van der Waals surface area contributed by atoms with Crippen LogP contribution in [0.1, 0.15) is 39.5 Å². The van der Waals surface area contributed by atoms with E-state index in [9.17, 15) is 27.5 Å². The van der Waals surface area contributed by atoms with Crippen molar-refractivity contribution in [3.05, 3.63) is 0 Å². The lowest BCUT2D eigenvalue weighted by Crippen LogP contribution is -2.52. The predicted molar refractivity (Wildman–Crippen MR) is 110 cm³/mol. The van der Waals surface area contributed by atoms with Gasteiger partial charge in [-0.25, -0.2) is 25.2 Å². The van der Waals surface area contributed by atoms with E-state index in [0.717, 1.165) is 0 Å². The number of amides is 1. The molecule has 13 heteroatoms. The fourth-order valence-corrected chi connectivity index (χ4v) is 4.56. The number of carbonyl (C=O) groups excluding carboxylic acids is 1. The summed E-state index contributed by atoms with van der Waals surface area (Å²) in [4.78, 5) is 17.1. The van der Waals surface area contributed by atoms with E-state index in [1.807, 2.05) is 13.8 Å². The second kappa shape index (κ2) is 10.2. The zero-order chi connectivity index (χ0) is 23.6. The van der Waals surface area contributed by atoms with Crippen molar-refractivity contribution in [1.82, 2.24) is 31.9 Å². The Kier molecular flexibility index (Phi) is 7.97. The van der Waals surface area contributed by atoms with E-state index in [1.165, 1.54) is 12.1 Å². The number of aliphatic hydroxyl groups excluding tert-OH is 1. The Morgan fingerprint density at radius 1 is 1.22 bits per heavy atom. The molecule has 6 N–H and O–H groups in total. The number of aliphatic imine (C=N–C) groups is 1. The minimum absolute atomic E-state index is 0.0660. The number of guanidine groups is 1. The van der Waals surface area contributed by atoms with Crippen LogP contribution in [0, 0.1) is 11.8 Å². The molecule has 0 aromatic heterocycles. The Bertz CT molecular complexity index is 693. The van der Waals surface area contributed by atoms with Gasteiger partial charge in [-0.3, -0.25) is 15.5 Å². The van der Waals surface area contributed by atoms with E-state index in [-0.39, 0.29) is 36.9 Å². The number of halogens is 4. The summed E-state index contributed by atoms with van der Waals surface area (Å²) in [6.07, 6.45) is -5.17. The van der Waals surface area contributed by atoms with Crippen molar-refractivity contribution in [2.24, 2.45) is 16.8 Å². The lowest BCUT2D eigenvalue weighted by molar-refractivity contribution is -0.168. The molecule has 1 saturated carbocycles. The number of hydrazine groups is 2. The monoisotopic (exact) mass is 467 g/mol. The SMILES string of the molecule is CC(C)N/C(=N\C1CC(C2CCC(O)CC2F)NN1)NC(=O)C1CN(C)NC1C(F)(F)F. The Hall–Kier alpha value is -1.54. The molecule has 0 aromatic carbocycles. The van der Waals surface area contributed by atoms with Crippen LogP contribution in [-0.2, 0) is 4.79 Å². The summed E-state index contributed by atoms with van der Waals surface area (Å²) >= 11 is 0. The van der Waals surface area contributed by atoms with E-state index in [2.05, 4.69) is 31.9 Å². The van der Waals surface area contributed by atoms with Gasteiger partial charge in [0.05, 0.1) is 12.0 Å². The van der Waals surface area contributed by atoms with Crippen LogP contribution < -0.4 is 26.9 Å². The molecule has 3 aliphatic rings. The van der Waals surface area contributed by atoms with Crippen LogP contribution in [0.3, 0.4) is 0 Å². The van der Waals surface area contributed by atoms with Gasteiger partial charge in [0.2, 0.25) is 5.91 Å². The number of aliphatic hydroxyl groups is 1. The van der Waals surface area contributed by atoms with Crippen molar-refractivity contribution >= 4 is 11.9 Å². The number of nitrogens with one attached hydrogen (secondary N) is 5. The Morgan fingerprint density at radius 2 is 1.94 bits per heavy atom. The molecular formula is C19H33F4N7O2. The molecule has 0 aromatic rings. The highest BCUT2D eigenvalue weighted by atomic mass is 19.4. The van der Waals surface area contributed by atoms with Crippen LogP contribution in [0.2, 0.25) is 0 Å². The molecule has 32 heavy (non-hydrogen) atoms. The van der Waals surface area contributed by atoms with Crippen molar-refractivity contribution in [2.45, 2.75) is 82.3 Å². The van der Waals surface area contributed by atoms with Gasteiger partial charge in [-0.2, -0.15) is 13.2 Å². The number of alkyl halides is 4. The quantitative estimate of drug-likeness (QED) is 0.198. The van der Waals surface area contributed by atoms with Gasteiger partial charge in [-0.1, -0.05) is 0 Å². The molecule has 1 aliphatic carbocycles. The minimum atomic E-state index is -4.57. The molecule has 184 valence electrons. The lowest BCUT2D eigenvalue weighted by atomic mass is 9.80. The van der Waals surface area contributed by atoms with Crippen molar-refractivity contribution < 1.29 is 27.5 Å². The van der Waals surface area contributed by atoms with Crippen LogP contribution in [-0.4, -0.2) is 78.3 Å². The average molecular weight is 468 g/mol. The summed E-state index contributed by atoms with van der Waals surface area (Å²) < 4.78 is 54.3. The summed E-state index contributed by atoms with van der Waals surface area (Å²) in [6, 6.07) is -2.31. The Balaban J connectivity index is 1.65. The van der Waals surface area contributed by atoms with E-state index in [4.69, 9.17) is 0 Å².